The van der Waals surface area contributed by atoms with Gasteiger partial charge in [-0.3, -0.25) is 0 Å². The van der Waals surface area contributed by atoms with Gasteiger partial charge in [-0.2, -0.15) is 0 Å². The van der Waals surface area contributed by atoms with Crippen LogP contribution in [-0.4, -0.2) is 39.7 Å². The highest BCUT2D eigenvalue weighted by Gasteiger charge is 2.39. The molecule has 0 aliphatic carbocycles. The molecule has 0 saturated carbocycles. The lowest BCUT2D eigenvalue weighted by molar-refractivity contribution is 0.0360. The smallest absolute Gasteiger partial charge is 0.142 e. The van der Waals surface area contributed by atoms with Crippen LogP contribution >= 0.6 is 0 Å². The number of β-amino-alcohol motifs (C(OH)–C–C–N with tert-alkyl or cyclic N) is 1. The summed E-state index contributed by atoms with van der Waals surface area (Å²) < 4.78 is 2.07. The van der Waals surface area contributed by atoms with Gasteiger partial charge in [0.25, 0.3) is 0 Å². The van der Waals surface area contributed by atoms with Gasteiger partial charge in [0.05, 0.1) is 0 Å². The number of aryl methyl sites for hydroxylation is 1. The molecule has 1 aromatic heterocycles. The van der Waals surface area contributed by atoms with Crippen molar-refractivity contribution in [1.82, 2.24) is 14.5 Å². The molecule has 15 heavy (non-hydrogen) atoms. The molecule has 1 aliphatic rings. The Morgan fingerprint density at radius 2 is 2.40 bits per heavy atom. The van der Waals surface area contributed by atoms with Crippen LogP contribution < -0.4 is 0 Å². The summed E-state index contributed by atoms with van der Waals surface area (Å²) in [5.41, 5.74) is -0.743. The van der Waals surface area contributed by atoms with E-state index in [2.05, 4.69) is 21.4 Å². The third kappa shape index (κ3) is 1.92. The number of aromatic nitrogens is 2. The molecule has 84 valence electrons. The van der Waals surface area contributed by atoms with Gasteiger partial charge in [-0.1, -0.05) is 6.92 Å². The van der Waals surface area contributed by atoms with Crippen molar-refractivity contribution < 1.29 is 5.11 Å². The predicted molar refractivity (Wildman–Crippen MR) is 58.5 cm³/mol. The molecule has 0 spiro atoms. The third-order valence-corrected chi connectivity index (χ3v) is 3.03. The Kier molecular flexibility index (Phi) is 2.80. The van der Waals surface area contributed by atoms with E-state index in [0.29, 0.717) is 6.54 Å². The third-order valence-electron chi connectivity index (χ3n) is 3.03. The molecule has 4 heteroatoms. The van der Waals surface area contributed by atoms with Gasteiger partial charge in [0.15, 0.2) is 0 Å². The molecular formula is C11H19N3O. The molecular weight excluding hydrogens is 190 g/mol. The Labute approximate surface area is 90.5 Å². The quantitative estimate of drug-likeness (QED) is 0.801. The zero-order chi connectivity index (χ0) is 10.9. The highest BCUT2D eigenvalue weighted by molar-refractivity contribution is 5.09. The number of rotatable bonds is 3. The van der Waals surface area contributed by atoms with Crippen molar-refractivity contribution in [2.24, 2.45) is 0 Å². The lowest BCUT2D eigenvalue weighted by Gasteiger charge is -2.22. The van der Waals surface area contributed by atoms with Crippen molar-refractivity contribution in [2.75, 3.05) is 20.1 Å². The van der Waals surface area contributed by atoms with E-state index in [4.69, 9.17) is 0 Å². The van der Waals surface area contributed by atoms with Crippen LogP contribution in [0.3, 0.4) is 0 Å². The minimum absolute atomic E-state index is 0.688. The number of hydrogen-bond acceptors (Lipinski definition) is 3. The molecule has 1 aromatic rings. The fraction of sp³-hybridized carbons (Fsp3) is 0.727. The zero-order valence-corrected chi connectivity index (χ0v) is 9.48. The maximum atomic E-state index is 10.5. The number of likely N-dealkylation sites (tertiary alicyclic amines) is 1. The average molecular weight is 209 g/mol. The van der Waals surface area contributed by atoms with E-state index >= 15 is 0 Å². The number of hydrogen-bond donors (Lipinski definition) is 1. The Hall–Kier alpha value is -0.870. The Morgan fingerprint density at radius 3 is 3.00 bits per heavy atom. The summed E-state index contributed by atoms with van der Waals surface area (Å²) in [5, 5.41) is 10.5. The average Bonchev–Trinajstić information content (AvgIpc) is 2.75. The number of nitrogens with zero attached hydrogens (tertiary/aromatic N) is 3. The lowest BCUT2D eigenvalue weighted by atomic mass is 10.0. The highest BCUT2D eigenvalue weighted by Crippen LogP contribution is 2.29. The van der Waals surface area contributed by atoms with Gasteiger partial charge in [-0.25, -0.2) is 4.98 Å². The van der Waals surface area contributed by atoms with Crippen LogP contribution in [0.2, 0.25) is 0 Å². The van der Waals surface area contributed by atoms with Crippen molar-refractivity contribution in [3.8, 4) is 0 Å². The summed E-state index contributed by atoms with van der Waals surface area (Å²) in [6.07, 6.45) is 5.58. The van der Waals surface area contributed by atoms with E-state index in [1.807, 2.05) is 13.2 Å². The molecule has 0 aromatic carbocycles. The predicted octanol–water partition coefficient (Wildman–Crippen LogP) is 0.816. The van der Waals surface area contributed by atoms with Crippen molar-refractivity contribution in [2.45, 2.75) is 31.9 Å². The molecule has 1 saturated heterocycles. The first-order chi connectivity index (χ1) is 7.15. The van der Waals surface area contributed by atoms with E-state index in [9.17, 15) is 5.11 Å². The first kappa shape index (κ1) is 10.6. The topological polar surface area (TPSA) is 41.3 Å². The molecule has 2 heterocycles. The maximum Gasteiger partial charge on any atom is 0.142 e. The largest absolute Gasteiger partial charge is 0.381 e. The van der Waals surface area contributed by atoms with Gasteiger partial charge in [0, 0.05) is 32.0 Å². The molecule has 0 bridgehead atoms. The second-order valence-electron chi connectivity index (χ2n) is 4.46. The molecule has 0 radical (unpaired) electrons. The molecule has 0 amide bonds. The SMILES string of the molecule is CCCn1ccnc1C1(O)CCN(C)C1. The molecule has 1 N–H and O–H groups in total. The van der Waals surface area contributed by atoms with Crippen LogP contribution in [0, 0.1) is 0 Å². The van der Waals surface area contributed by atoms with Crippen molar-refractivity contribution >= 4 is 0 Å². The maximum absolute atomic E-state index is 10.5. The standard InChI is InChI=1S/C11H19N3O/c1-3-6-14-8-5-12-10(14)11(15)4-7-13(2)9-11/h5,8,15H,3-4,6-7,9H2,1-2H3. The fourth-order valence-corrected chi connectivity index (χ4v) is 2.30. The Balaban J connectivity index is 2.24. The molecule has 1 unspecified atom stereocenters. The molecule has 4 nitrogen and oxygen atoms in total. The molecule has 2 rings (SSSR count). The highest BCUT2D eigenvalue weighted by atomic mass is 16.3. The first-order valence-electron chi connectivity index (χ1n) is 5.58. The van der Waals surface area contributed by atoms with E-state index in [1.54, 1.807) is 6.20 Å². The minimum atomic E-state index is -0.743. The van der Waals surface area contributed by atoms with Crippen LogP contribution in [0.5, 0.6) is 0 Å². The summed E-state index contributed by atoms with van der Waals surface area (Å²) in [6.45, 7) is 4.69. The van der Waals surface area contributed by atoms with Crippen LogP contribution in [0.25, 0.3) is 0 Å². The molecule has 1 aliphatic heterocycles. The monoisotopic (exact) mass is 209 g/mol. The zero-order valence-electron chi connectivity index (χ0n) is 9.48. The number of imidazole rings is 1. The van der Waals surface area contributed by atoms with Gasteiger partial charge in [-0.15, -0.1) is 0 Å². The second-order valence-corrected chi connectivity index (χ2v) is 4.46. The van der Waals surface area contributed by atoms with Gasteiger partial charge in [0.2, 0.25) is 0 Å². The van der Waals surface area contributed by atoms with Crippen molar-refractivity contribution in [3.05, 3.63) is 18.2 Å². The van der Waals surface area contributed by atoms with Crippen LogP contribution in [0.1, 0.15) is 25.6 Å². The van der Waals surface area contributed by atoms with Crippen LogP contribution in [0.4, 0.5) is 0 Å². The Bertz CT molecular complexity index is 336. The summed E-state index contributed by atoms with van der Waals surface area (Å²) >= 11 is 0. The second kappa shape index (κ2) is 3.94. The van der Waals surface area contributed by atoms with Gasteiger partial charge in [-0.05, 0) is 19.9 Å². The lowest BCUT2D eigenvalue weighted by Crippen LogP contribution is -2.32. The van der Waals surface area contributed by atoms with Gasteiger partial charge in [0.1, 0.15) is 11.4 Å². The fourth-order valence-electron chi connectivity index (χ4n) is 2.30. The number of likely N-dealkylation sites (N-methyl/N-ethyl adjacent to an activating group) is 1. The molecule has 1 atom stereocenters. The summed E-state index contributed by atoms with van der Waals surface area (Å²) in [7, 11) is 2.03. The van der Waals surface area contributed by atoms with Crippen LogP contribution in [-0.2, 0) is 12.1 Å². The van der Waals surface area contributed by atoms with E-state index in [0.717, 1.165) is 31.8 Å². The van der Waals surface area contributed by atoms with E-state index in [1.165, 1.54) is 0 Å². The normalized spacial score (nSPS) is 27.4. The molecule has 1 fully saturated rings. The van der Waals surface area contributed by atoms with Crippen LogP contribution in [0.15, 0.2) is 12.4 Å². The van der Waals surface area contributed by atoms with Crippen molar-refractivity contribution in [1.29, 1.82) is 0 Å². The summed E-state index contributed by atoms with van der Waals surface area (Å²) in [5.74, 6) is 0.828. The van der Waals surface area contributed by atoms with Gasteiger partial charge >= 0.3 is 0 Å². The van der Waals surface area contributed by atoms with E-state index < -0.39 is 5.60 Å². The minimum Gasteiger partial charge on any atom is -0.381 e. The van der Waals surface area contributed by atoms with E-state index in [-0.39, 0.29) is 0 Å². The first-order valence-corrected chi connectivity index (χ1v) is 5.58. The number of aliphatic hydroxyl groups is 1. The van der Waals surface area contributed by atoms with Crippen molar-refractivity contribution in [3.63, 3.8) is 0 Å². The Morgan fingerprint density at radius 1 is 1.60 bits per heavy atom. The van der Waals surface area contributed by atoms with Gasteiger partial charge < -0.3 is 14.6 Å². The summed E-state index contributed by atoms with van der Waals surface area (Å²) in [6, 6.07) is 0. The summed E-state index contributed by atoms with van der Waals surface area (Å²) in [4.78, 5) is 6.45.